The van der Waals surface area contributed by atoms with Crippen molar-refractivity contribution in [1.82, 2.24) is 0 Å². The van der Waals surface area contributed by atoms with Crippen molar-refractivity contribution in [3.8, 4) is 0 Å². The number of allylic oxidation sites excluding steroid dienone is 3. The van der Waals surface area contributed by atoms with Gasteiger partial charge in [0.15, 0.2) is 0 Å². The summed E-state index contributed by atoms with van der Waals surface area (Å²) in [7, 11) is 0. The van der Waals surface area contributed by atoms with Gasteiger partial charge in [-0.25, -0.2) is 4.40 Å². The van der Waals surface area contributed by atoms with Crippen LogP contribution in [0.25, 0.3) is 5.57 Å². The van der Waals surface area contributed by atoms with Crippen molar-refractivity contribution in [1.29, 1.82) is 0 Å². The van der Waals surface area contributed by atoms with Crippen molar-refractivity contribution >= 4 is 34.6 Å². The topological polar surface area (TPSA) is 12.4 Å². The van der Waals surface area contributed by atoms with E-state index in [4.69, 9.17) is 12.2 Å². The first kappa shape index (κ1) is 17.2. The van der Waals surface area contributed by atoms with Gasteiger partial charge in [0.25, 0.3) is 0 Å². The highest BCUT2D eigenvalue weighted by molar-refractivity contribution is 8.00. The normalized spacial score (nSPS) is 18.1. The summed E-state index contributed by atoms with van der Waals surface area (Å²) in [5.41, 5.74) is -2.14. The van der Waals surface area contributed by atoms with Crippen LogP contribution in [0, 0.1) is 0 Å². The van der Waals surface area contributed by atoms with Gasteiger partial charge in [0.2, 0.25) is 0 Å². The Morgan fingerprint density at radius 3 is 2.38 bits per heavy atom. The van der Waals surface area contributed by atoms with Crippen molar-refractivity contribution < 1.29 is 26.3 Å². The molecule has 1 nitrogen and oxygen atoms in total. The van der Waals surface area contributed by atoms with E-state index in [0.29, 0.717) is 11.9 Å². The summed E-state index contributed by atoms with van der Waals surface area (Å²) >= 11 is 5.67. The minimum Gasteiger partial charge on any atom is -0.211 e. The Bertz CT molecular complexity index is 905. The molecular weight excluding hydrogens is 372 g/mol. The van der Waals surface area contributed by atoms with Gasteiger partial charge in [0, 0.05) is 45.0 Å². The molecule has 24 heavy (non-hydrogen) atoms. The minimum absolute atomic E-state index is 0.00493. The van der Waals surface area contributed by atoms with E-state index in [1.165, 1.54) is 6.07 Å². The quantitative estimate of drug-likeness (QED) is 0.379. The molecule has 3 rings (SSSR count). The number of alkyl halides is 6. The Labute approximate surface area is 141 Å². The van der Waals surface area contributed by atoms with E-state index in [9.17, 15) is 26.3 Å². The molecule has 1 aromatic rings. The number of halogens is 6. The van der Waals surface area contributed by atoms with Gasteiger partial charge in [-0.1, -0.05) is 30.4 Å². The molecule has 0 amide bonds. The van der Waals surface area contributed by atoms with Crippen LogP contribution in [0.1, 0.15) is 12.0 Å². The number of thiocarbonyl (C=S) groups is 1. The molecule has 0 atom stereocenters. The van der Waals surface area contributed by atoms with Crippen LogP contribution in [-0.2, 0) is 6.18 Å². The smallest absolute Gasteiger partial charge is 0.211 e. The Hall–Kier alpha value is -1.61. The molecular formula is C15H7F6NS2. The average molecular weight is 379 g/mol. The summed E-state index contributed by atoms with van der Waals surface area (Å²) in [6.07, 6.45) is -8.49. The number of hydrogen-bond acceptors (Lipinski definition) is 3. The summed E-state index contributed by atoms with van der Waals surface area (Å²) in [6, 6.07) is 3.31. The molecule has 0 fully saturated rings. The first-order chi connectivity index (χ1) is 11.1. The van der Waals surface area contributed by atoms with E-state index in [2.05, 4.69) is 4.40 Å². The van der Waals surface area contributed by atoms with Crippen LogP contribution in [0.3, 0.4) is 0 Å². The van der Waals surface area contributed by atoms with Crippen LogP contribution in [0.4, 0.5) is 26.3 Å². The zero-order valence-electron chi connectivity index (χ0n) is 11.6. The van der Waals surface area contributed by atoms with Gasteiger partial charge in [-0.05, 0) is 6.07 Å². The molecule has 0 bridgehead atoms. The van der Waals surface area contributed by atoms with E-state index in [1.807, 2.05) is 0 Å². The van der Waals surface area contributed by atoms with Gasteiger partial charge < -0.3 is 0 Å². The van der Waals surface area contributed by atoms with Gasteiger partial charge in [-0.2, -0.15) is 26.3 Å². The maximum atomic E-state index is 13.2. The lowest BCUT2D eigenvalue weighted by Gasteiger charge is -2.22. The van der Waals surface area contributed by atoms with E-state index in [1.54, 1.807) is 0 Å². The molecule has 1 heterocycles. The lowest BCUT2D eigenvalue weighted by Crippen LogP contribution is -2.36. The van der Waals surface area contributed by atoms with Gasteiger partial charge >= 0.3 is 12.4 Å². The highest BCUT2D eigenvalue weighted by atomic mass is 32.2. The van der Waals surface area contributed by atoms with E-state index in [-0.39, 0.29) is 27.7 Å². The fourth-order valence-corrected chi connectivity index (χ4v) is 3.59. The second kappa shape index (κ2) is 5.73. The molecule has 0 saturated heterocycles. The molecule has 1 aliphatic carbocycles. The Balaban J connectivity index is 2.40. The molecule has 0 N–H and O–H groups in total. The highest BCUT2D eigenvalue weighted by Gasteiger charge is 2.40. The number of nitrogens with zero attached hydrogens (tertiary/aromatic N) is 1. The van der Waals surface area contributed by atoms with Crippen molar-refractivity contribution in [2.75, 3.05) is 0 Å². The predicted molar refractivity (Wildman–Crippen MR) is 82.7 cm³/mol. The zero-order chi connectivity index (χ0) is 17.7. The van der Waals surface area contributed by atoms with Crippen LogP contribution in [0.5, 0.6) is 0 Å². The SMILES string of the molecule is FC(F)(F)C1=CCC(=S)C2=c3cccc(C(F)(F)F)c3=NSC=C12. The molecule has 0 aromatic heterocycles. The predicted octanol–water partition coefficient (Wildman–Crippen LogP) is 4.28. The molecule has 0 saturated carbocycles. The fourth-order valence-electron chi connectivity index (χ4n) is 2.58. The van der Waals surface area contributed by atoms with Crippen molar-refractivity contribution in [3.63, 3.8) is 0 Å². The van der Waals surface area contributed by atoms with Crippen molar-refractivity contribution in [3.05, 3.63) is 57.0 Å². The third-order valence-electron chi connectivity index (χ3n) is 3.56. The van der Waals surface area contributed by atoms with Gasteiger partial charge in [0.05, 0.1) is 16.5 Å². The molecule has 0 radical (unpaired) electrons. The average Bonchev–Trinajstić information content (AvgIpc) is 2.64. The largest absolute Gasteiger partial charge is 0.418 e. The second-order valence-corrected chi connectivity index (χ2v) is 6.17. The van der Waals surface area contributed by atoms with Crippen LogP contribution >= 0.6 is 24.2 Å². The van der Waals surface area contributed by atoms with Crippen molar-refractivity contribution in [2.24, 2.45) is 4.40 Å². The lowest BCUT2D eigenvalue weighted by atomic mass is 9.87. The van der Waals surface area contributed by atoms with Crippen molar-refractivity contribution in [2.45, 2.75) is 18.8 Å². The first-order valence-electron chi connectivity index (χ1n) is 6.56. The third-order valence-corrected chi connectivity index (χ3v) is 4.56. The number of benzene rings is 1. The Morgan fingerprint density at radius 1 is 1.04 bits per heavy atom. The maximum Gasteiger partial charge on any atom is 0.418 e. The molecule has 2 aliphatic rings. The van der Waals surface area contributed by atoms with Gasteiger partial charge in [-0.15, -0.1) is 0 Å². The summed E-state index contributed by atoms with van der Waals surface area (Å²) in [5, 5.41) is 0.670. The second-order valence-electron chi connectivity index (χ2n) is 5.05. The van der Waals surface area contributed by atoms with Crippen LogP contribution < -0.4 is 10.6 Å². The molecule has 1 aliphatic heterocycles. The van der Waals surface area contributed by atoms with Gasteiger partial charge in [-0.3, -0.25) is 0 Å². The number of fused-ring (bicyclic) bond motifs is 2. The fraction of sp³-hybridized carbons (Fsp3) is 0.200. The lowest BCUT2D eigenvalue weighted by molar-refractivity contribution is -0.138. The number of hydrogen-bond donors (Lipinski definition) is 0. The summed E-state index contributed by atoms with van der Waals surface area (Å²) < 4.78 is 83.0. The standard InChI is InChI=1S/C15H7F6NS2/c16-14(17,18)9-4-5-11(23)12-7-2-1-3-10(15(19,20)21)13(7)22-24-6-8(9)12/h1-4,6H,5H2. The summed E-state index contributed by atoms with van der Waals surface area (Å²) in [5.74, 6) is 0. The Morgan fingerprint density at radius 2 is 1.75 bits per heavy atom. The minimum atomic E-state index is -4.67. The number of rotatable bonds is 0. The van der Waals surface area contributed by atoms with E-state index < -0.39 is 28.8 Å². The van der Waals surface area contributed by atoms with E-state index in [0.717, 1.165) is 23.6 Å². The molecule has 0 spiro atoms. The molecule has 0 unspecified atom stereocenters. The monoisotopic (exact) mass is 379 g/mol. The maximum absolute atomic E-state index is 13.2. The van der Waals surface area contributed by atoms with Gasteiger partial charge in [0.1, 0.15) is 0 Å². The van der Waals surface area contributed by atoms with Crippen LogP contribution in [0.15, 0.2) is 45.2 Å². The molecule has 1 aromatic carbocycles. The Kier molecular flexibility index (Phi) is 4.11. The third kappa shape index (κ3) is 2.90. The molecule has 126 valence electrons. The summed E-state index contributed by atoms with van der Waals surface area (Å²) in [6.45, 7) is 0. The zero-order valence-corrected chi connectivity index (χ0v) is 13.3. The molecule has 9 heteroatoms. The van der Waals surface area contributed by atoms with E-state index >= 15 is 0 Å². The highest BCUT2D eigenvalue weighted by Crippen LogP contribution is 2.40. The summed E-state index contributed by atoms with van der Waals surface area (Å²) in [4.78, 5) is 0.160. The van der Waals surface area contributed by atoms with Crippen LogP contribution in [-0.4, -0.2) is 11.0 Å². The first-order valence-corrected chi connectivity index (χ1v) is 7.81. The van der Waals surface area contributed by atoms with Crippen LogP contribution in [0.2, 0.25) is 0 Å².